The van der Waals surface area contributed by atoms with E-state index < -0.39 is 21.8 Å². The third-order valence-electron chi connectivity index (χ3n) is 4.72. The largest absolute Gasteiger partial charge is 0.508 e. The lowest BCUT2D eigenvalue weighted by Gasteiger charge is -2.20. The van der Waals surface area contributed by atoms with Gasteiger partial charge < -0.3 is 19.1 Å². The van der Waals surface area contributed by atoms with E-state index in [4.69, 9.17) is 14.2 Å². The van der Waals surface area contributed by atoms with Crippen LogP contribution in [0.15, 0.2) is 47.4 Å². The Bertz CT molecular complexity index is 1040. The first-order valence-corrected chi connectivity index (χ1v) is 11.8. The van der Waals surface area contributed by atoms with E-state index in [0.717, 1.165) is 17.9 Å². The molecule has 0 radical (unpaired) electrons. The summed E-state index contributed by atoms with van der Waals surface area (Å²) in [6.45, 7) is 4.61. The van der Waals surface area contributed by atoms with Crippen LogP contribution in [0, 0.1) is 5.82 Å². The predicted octanol–water partition coefficient (Wildman–Crippen LogP) is 3.95. The minimum absolute atomic E-state index is 0.0444. The molecule has 7 nitrogen and oxygen atoms in total. The topological polar surface area (TPSA) is 82.1 Å². The highest BCUT2D eigenvalue weighted by molar-refractivity contribution is 7.90. The molecule has 3 rings (SSSR count). The standard InChI is InChI=1S/C22H26FNO6S/c1-15(2)29-22(25)28-14-16-5-4-6-17(11-16)30-18-9-10-24(13-18)21-8-7-19(12-20(21)23)31(3,26)27/h4-8,11-12,15,18H,9-10,13-14H2,1-3H3/t18-/m0/s1. The van der Waals surface area contributed by atoms with E-state index in [1.165, 1.54) is 12.1 Å². The van der Waals surface area contributed by atoms with Gasteiger partial charge in [0.05, 0.1) is 23.2 Å². The van der Waals surface area contributed by atoms with Crippen molar-refractivity contribution in [1.29, 1.82) is 0 Å². The zero-order valence-electron chi connectivity index (χ0n) is 17.7. The van der Waals surface area contributed by atoms with Crippen molar-refractivity contribution in [2.24, 2.45) is 0 Å². The normalized spacial score (nSPS) is 16.4. The van der Waals surface area contributed by atoms with Crippen LogP contribution in [-0.4, -0.2) is 46.1 Å². The van der Waals surface area contributed by atoms with Crippen LogP contribution in [0.2, 0.25) is 0 Å². The molecule has 0 saturated carbocycles. The van der Waals surface area contributed by atoms with Gasteiger partial charge in [-0.15, -0.1) is 0 Å². The van der Waals surface area contributed by atoms with Crippen LogP contribution in [0.1, 0.15) is 25.8 Å². The van der Waals surface area contributed by atoms with Crippen molar-refractivity contribution in [1.82, 2.24) is 0 Å². The van der Waals surface area contributed by atoms with Crippen LogP contribution in [0.3, 0.4) is 0 Å². The Kier molecular flexibility index (Phi) is 7.04. The van der Waals surface area contributed by atoms with Crippen molar-refractivity contribution in [2.75, 3.05) is 24.2 Å². The number of ether oxygens (including phenoxy) is 3. The summed E-state index contributed by atoms with van der Waals surface area (Å²) in [6.07, 6.45) is 0.607. The Labute approximate surface area is 181 Å². The molecule has 0 aromatic heterocycles. The molecule has 0 aliphatic carbocycles. The second kappa shape index (κ2) is 9.55. The van der Waals surface area contributed by atoms with Crippen molar-refractivity contribution in [2.45, 2.75) is 44.0 Å². The fourth-order valence-corrected chi connectivity index (χ4v) is 3.92. The minimum atomic E-state index is -3.46. The zero-order chi connectivity index (χ0) is 22.6. The van der Waals surface area contributed by atoms with Crippen LogP contribution >= 0.6 is 0 Å². The number of sulfone groups is 1. The first kappa shape index (κ1) is 22.9. The first-order chi connectivity index (χ1) is 14.6. The van der Waals surface area contributed by atoms with Crippen molar-refractivity contribution < 1.29 is 31.8 Å². The van der Waals surface area contributed by atoms with Gasteiger partial charge in [0, 0.05) is 19.2 Å². The van der Waals surface area contributed by atoms with Gasteiger partial charge in [-0.1, -0.05) is 12.1 Å². The van der Waals surface area contributed by atoms with Crippen LogP contribution in [-0.2, 0) is 25.9 Å². The van der Waals surface area contributed by atoms with Crippen LogP contribution in [0.25, 0.3) is 0 Å². The maximum atomic E-state index is 14.5. The molecule has 168 valence electrons. The lowest BCUT2D eigenvalue weighted by atomic mass is 10.2. The number of hydrogen-bond donors (Lipinski definition) is 0. The molecule has 1 atom stereocenters. The van der Waals surface area contributed by atoms with Gasteiger partial charge in [-0.3, -0.25) is 0 Å². The Morgan fingerprint density at radius 2 is 2.00 bits per heavy atom. The van der Waals surface area contributed by atoms with Gasteiger partial charge >= 0.3 is 6.16 Å². The van der Waals surface area contributed by atoms with E-state index in [2.05, 4.69) is 0 Å². The summed E-state index contributed by atoms with van der Waals surface area (Å²) in [4.78, 5) is 13.3. The first-order valence-electron chi connectivity index (χ1n) is 9.95. The fourth-order valence-electron chi connectivity index (χ4n) is 3.29. The molecule has 1 heterocycles. The van der Waals surface area contributed by atoms with Crippen molar-refractivity contribution in [3.63, 3.8) is 0 Å². The average Bonchev–Trinajstić information content (AvgIpc) is 3.13. The predicted molar refractivity (Wildman–Crippen MR) is 114 cm³/mol. The SMILES string of the molecule is CC(C)OC(=O)OCc1cccc(O[C@H]2CCN(c3ccc(S(C)(=O)=O)cc3F)C2)c1. The second-order valence-corrected chi connectivity index (χ2v) is 9.73. The Balaban J connectivity index is 1.59. The van der Waals surface area contributed by atoms with E-state index in [-0.39, 0.29) is 23.7 Å². The van der Waals surface area contributed by atoms with Crippen LogP contribution in [0.5, 0.6) is 5.75 Å². The van der Waals surface area contributed by atoms with E-state index in [1.54, 1.807) is 32.0 Å². The van der Waals surface area contributed by atoms with Crippen LogP contribution < -0.4 is 9.64 Å². The van der Waals surface area contributed by atoms with E-state index in [9.17, 15) is 17.6 Å². The second-order valence-electron chi connectivity index (χ2n) is 7.71. The highest BCUT2D eigenvalue weighted by atomic mass is 32.2. The summed E-state index contributed by atoms with van der Waals surface area (Å²) in [5, 5.41) is 0. The molecule has 0 amide bonds. The summed E-state index contributed by atoms with van der Waals surface area (Å²) in [5.74, 6) is 0.0501. The molecule has 1 fully saturated rings. The smallest absolute Gasteiger partial charge is 0.489 e. The van der Waals surface area contributed by atoms with E-state index in [0.29, 0.717) is 30.9 Å². The van der Waals surface area contributed by atoms with Gasteiger partial charge in [-0.2, -0.15) is 0 Å². The molecule has 0 N–H and O–H groups in total. The van der Waals surface area contributed by atoms with Crippen molar-refractivity contribution >= 4 is 21.7 Å². The number of rotatable bonds is 7. The minimum Gasteiger partial charge on any atom is -0.489 e. The summed E-state index contributed by atoms with van der Waals surface area (Å²) in [7, 11) is -3.46. The van der Waals surface area contributed by atoms with Crippen molar-refractivity contribution in [3.05, 3.63) is 53.8 Å². The number of halogens is 1. The number of benzene rings is 2. The molecule has 0 unspecified atom stereocenters. The highest BCUT2D eigenvalue weighted by Gasteiger charge is 2.26. The maximum Gasteiger partial charge on any atom is 0.508 e. The molecular formula is C22H26FNO6S. The molecule has 9 heteroatoms. The number of nitrogens with zero attached hydrogens (tertiary/aromatic N) is 1. The fraction of sp³-hybridized carbons (Fsp3) is 0.409. The summed E-state index contributed by atoms with van der Waals surface area (Å²) >= 11 is 0. The third-order valence-corrected chi connectivity index (χ3v) is 5.83. The summed E-state index contributed by atoms with van der Waals surface area (Å²) < 4.78 is 53.7. The van der Waals surface area contributed by atoms with Gasteiger partial charge in [0.25, 0.3) is 0 Å². The summed E-state index contributed by atoms with van der Waals surface area (Å²) in [5.41, 5.74) is 1.11. The molecule has 31 heavy (non-hydrogen) atoms. The molecular weight excluding hydrogens is 425 g/mol. The maximum absolute atomic E-state index is 14.5. The number of carbonyl (C=O) groups is 1. The number of hydrogen-bond acceptors (Lipinski definition) is 7. The van der Waals surface area contributed by atoms with E-state index >= 15 is 0 Å². The van der Waals surface area contributed by atoms with Gasteiger partial charge in [0.2, 0.25) is 0 Å². The molecule has 0 bridgehead atoms. The zero-order valence-corrected chi connectivity index (χ0v) is 18.5. The summed E-state index contributed by atoms with van der Waals surface area (Å²) in [6, 6.07) is 11.2. The van der Waals surface area contributed by atoms with Gasteiger partial charge in [-0.05, 0) is 49.7 Å². The molecule has 0 spiro atoms. The Morgan fingerprint density at radius 3 is 2.68 bits per heavy atom. The molecule has 1 aliphatic rings. The lowest BCUT2D eigenvalue weighted by Crippen LogP contribution is -2.25. The van der Waals surface area contributed by atoms with Crippen LogP contribution in [0.4, 0.5) is 14.9 Å². The average molecular weight is 452 g/mol. The highest BCUT2D eigenvalue weighted by Crippen LogP contribution is 2.28. The molecule has 2 aromatic rings. The molecule has 1 aliphatic heterocycles. The quantitative estimate of drug-likeness (QED) is 0.590. The molecule has 1 saturated heterocycles. The van der Waals surface area contributed by atoms with Crippen molar-refractivity contribution in [3.8, 4) is 5.75 Å². The van der Waals surface area contributed by atoms with E-state index in [1.807, 2.05) is 11.0 Å². The number of carbonyl (C=O) groups excluding carboxylic acids is 1. The Morgan fingerprint density at radius 1 is 1.23 bits per heavy atom. The monoisotopic (exact) mass is 451 g/mol. The Hall–Kier alpha value is -2.81. The molecule has 2 aromatic carbocycles. The van der Waals surface area contributed by atoms with Gasteiger partial charge in [-0.25, -0.2) is 17.6 Å². The third kappa shape index (κ3) is 6.33. The lowest BCUT2D eigenvalue weighted by molar-refractivity contribution is 0.0297. The van der Waals surface area contributed by atoms with Gasteiger partial charge in [0.15, 0.2) is 9.84 Å². The number of anilines is 1. The van der Waals surface area contributed by atoms with Gasteiger partial charge in [0.1, 0.15) is 24.3 Å².